The van der Waals surface area contributed by atoms with Crippen molar-refractivity contribution in [1.82, 2.24) is 10.6 Å². The third kappa shape index (κ3) is 4.53. The van der Waals surface area contributed by atoms with Gasteiger partial charge in [-0.3, -0.25) is 0 Å². The van der Waals surface area contributed by atoms with Crippen LogP contribution in [0.25, 0.3) is 0 Å². The van der Waals surface area contributed by atoms with Crippen LogP contribution in [0.15, 0.2) is 0 Å². The summed E-state index contributed by atoms with van der Waals surface area (Å²) in [5, 5.41) is 5.09. The summed E-state index contributed by atoms with van der Waals surface area (Å²) in [4.78, 5) is 21.9. The first kappa shape index (κ1) is 11.6. The average molecular weight is 216 g/mol. The maximum atomic E-state index is 11.2. The lowest BCUT2D eigenvalue weighted by Crippen LogP contribution is -2.41. The number of rotatable bonds is 2. The summed E-state index contributed by atoms with van der Waals surface area (Å²) in [6.07, 6.45) is -0.949. The Morgan fingerprint density at radius 3 is 2.80 bits per heavy atom. The summed E-state index contributed by atoms with van der Waals surface area (Å²) in [5.74, 6) is 0. The molecule has 6 heteroatoms. The fraction of sp³-hybridized carbons (Fsp3) is 0.778. The Bertz CT molecular complexity index is 259. The van der Waals surface area contributed by atoms with Gasteiger partial charge in [0.1, 0.15) is 12.2 Å². The molecule has 2 N–H and O–H groups in total. The van der Waals surface area contributed by atoms with E-state index in [2.05, 4.69) is 15.4 Å². The molecule has 1 atom stereocenters. The van der Waals surface area contributed by atoms with Gasteiger partial charge in [-0.1, -0.05) is 0 Å². The molecular formula is C9H16N2O4. The Labute approximate surface area is 88.3 Å². The van der Waals surface area contributed by atoms with E-state index in [9.17, 15) is 9.59 Å². The molecule has 0 aromatic carbocycles. The second-order valence-corrected chi connectivity index (χ2v) is 4.32. The summed E-state index contributed by atoms with van der Waals surface area (Å²) in [5.41, 5.74) is -0.514. The van der Waals surface area contributed by atoms with Gasteiger partial charge < -0.3 is 20.1 Å². The van der Waals surface area contributed by atoms with Gasteiger partial charge in [-0.15, -0.1) is 0 Å². The molecular weight excluding hydrogens is 200 g/mol. The molecule has 0 bridgehead atoms. The van der Waals surface area contributed by atoms with Crippen molar-refractivity contribution in [3.05, 3.63) is 0 Å². The number of amides is 2. The highest BCUT2D eigenvalue weighted by Crippen LogP contribution is 2.06. The second kappa shape index (κ2) is 4.37. The molecule has 0 spiro atoms. The SMILES string of the molecule is CC(C)(C)OC(=O)NC[C@@H]1COC(=O)N1. The lowest BCUT2D eigenvalue weighted by Gasteiger charge is -2.20. The van der Waals surface area contributed by atoms with Crippen LogP contribution in [0.3, 0.4) is 0 Å². The van der Waals surface area contributed by atoms with Crippen LogP contribution in [-0.2, 0) is 9.47 Å². The Kier molecular flexibility index (Phi) is 3.39. The van der Waals surface area contributed by atoms with Crippen molar-refractivity contribution in [2.24, 2.45) is 0 Å². The Balaban J connectivity index is 2.20. The van der Waals surface area contributed by atoms with Crippen molar-refractivity contribution in [3.8, 4) is 0 Å². The molecule has 0 aromatic heterocycles. The van der Waals surface area contributed by atoms with Crippen molar-refractivity contribution in [2.45, 2.75) is 32.4 Å². The molecule has 15 heavy (non-hydrogen) atoms. The van der Waals surface area contributed by atoms with Gasteiger partial charge in [-0.05, 0) is 20.8 Å². The molecule has 1 heterocycles. The molecule has 2 amide bonds. The van der Waals surface area contributed by atoms with Crippen molar-refractivity contribution >= 4 is 12.2 Å². The molecule has 0 unspecified atom stereocenters. The van der Waals surface area contributed by atoms with Crippen LogP contribution in [0.2, 0.25) is 0 Å². The number of nitrogens with one attached hydrogen (secondary N) is 2. The van der Waals surface area contributed by atoms with E-state index < -0.39 is 17.8 Å². The fourth-order valence-corrected chi connectivity index (χ4v) is 1.06. The van der Waals surface area contributed by atoms with Crippen LogP contribution in [-0.4, -0.2) is 37.0 Å². The van der Waals surface area contributed by atoms with E-state index in [-0.39, 0.29) is 12.6 Å². The van der Waals surface area contributed by atoms with Crippen LogP contribution in [0.4, 0.5) is 9.59 Å². The van der Waals surface area contributed by atoms with Gasteiger partial charge in [0.2, 0.25) is 0 Å². The highest BCUT2D eigenvalue weighted by atomic mass is 16.6. The number of hydrogen-bond donors (Lipinski definition) is 2. The van der Waals surface area contributed by atoms with E-state index in [1.165, 1.54) is 0 Å². The molecule has 0 aliphatic carbocycles. The number of cyclic esters (lactones) is 1. The van der Waals surface area contributed by atoms with Crippen LogP contribution < -0.4 is 10.6 Å². The summed E-state index contributed by atoms with van der Waals surface area (Å²) in [6.45, 7) is 5.93. The van der Waals surface area contributed by atoms with E-state index in [1.54, 1.807) is 20.8 Å². The second-order valence-electron chi connectivity index (χ2n) is 4.32. The molecule has 1 aliphatic heterocycles. The number of alkyl carbamates (subject to hydrolysis) is 2. The highest BCUT2D eigenvalue weighted by Gasteiger charge is 2.23. The molecule has 0 aromatic rings. The number of hydrogen-bond acceptors (Lipinski definition) is 4. The van der Waals surface area contributed by atoms with Crippen LogP contribution in [0.1, 0.15) is 20.8 Å². The fourth-order valence-electron chi connectivity index (χ4n) is 1.06. The van der Waals surface area contributed by atoms with Crippen LogP contribution >= 0.6 is 0 Å². The van der Waals surface area contributed by atoms with Crippen molar-refractivity contribution in [3.63, 3.8) is 0 Å². The summed E-state index contributed by atoms with van der Waals surface area (Å²) in [6, 6.07) is -0.176. The van der Waals surface area contributed by atoms with Crippen molar-refractivity contribution in [1.29, 1.82) is 0 Å². The van der Waals surface area contributed by atoms with Gasteiger partial charge in [0.05, 0.1) is 6.04 Å². The summed E-state index contributed by atoms with van der Waals surface area (Å²) < 4.78 is 9.68. The third-order valence-electron chi connectivity index (χ3n) is 1.63. The Morgan fingerprint density at radius 1 is 1.67 bits per heavy atom. The van der Waals surface area contributed by atoms with Crippen LogP contribution in [0, 0.1) is 0 Å². The molecule has 0 saturated carbocycles. The van der Waals surface area contributed by atoms with Crippen molar-refractivity contribution in [2.75, 3.05) is 13.2 Å². The van der Waals surface area contributed by atoms with E-state index in [4.69, 9.17) is 4.74 Å². The van der Waals surface area contributed by atoms with Crippen molar-refractivity contribution < 1.29 is 19.1 Å². The molecule has 6 nitrogen and oxygen atoms in total. The number of ether oxygens (including phenoxy) is 2. The zero-order chi connectivity index (χ0) is 11.5. The Hall–Kier alpha value is -1.46. The minimum absolute atomic E-state index is 0.176. The topological polar surface area (TPSA) is 76.7 Å². The largest absolute Gasteiger partial charge is 0.447 e. The molecule has 1 saturated heterocycles. The van der Waals surface area contributed by atoms with Gasteiger partial charge in [0.25, 0.3) is 0 Å². The smallest absolute Gasteiger partial charge is 0.407 e. The molecule has 1 aliphatic rings. The zero-order valence-corrected chi connectivity index (χ0v) is 9.12. The monoisotopic (exact) mass is 216 g/mol. The van der Waals surface area contributed by atoms with Gasteiger partial charge in [0, 0.05) is 6.54 Å². The quantitative estimate of drug-likeness (QED) is 0.709. The maximum Gasteiger partial charge on any atom is 0.407 e. The van der Waals surface area contributed by atoms with Gasteiger partial charge in [-0.2, -0.15) is 0 Å². The first-order chi connectivity index (χ1) is 6.87. The summed E-state index contributed by atoms with van der Waals surface area (Å²) >= 11 is 0. The minimum atomic E-state index is -0.514. The standard InChI is InChI=1S/C9H16N2O4/c1-9(2,3)15-7(12)10-4-6-5-14-8(13)11-6/h6H,4-5H2,1-3H3,(H,10,12)(H,11,13)/t6-/m1/s1. The first-order valence-electron chi connectivity index (χ1n) is 4.77. The number of carbonyl (C=O) groups excluding carboxylic acids is 2. The molecule has 86 valence electrons. The summed E-state index contributed by atoms with van der Waals surface area (Å²) in [7, 11) is 0. The predicted octanol–water partition coefficient (Wildman–Crippen LogP) is 0.620. The maximum absolute atomic E-state index is 11.2. The Morgan fingerprint density at radius 2 is 2.33 bits per heavy atom. The highest BCUT2D eigenvalue weighted by molar-refractivity contribution is 5.70. The van der Waals surface area contributed by atoms with E-state index in [0.29, 0.717) is 6.54 Å². The minimum Gasteiger partial charge on any atom is -0.447 e. The lowest BCUT2D eigenvalue weighted by atomic mass is 10.2. The predicted molar refractivity (Wildman–Crippen MR) is 52.5 cm³/mol. The van der Waals surface area contributed by atoms with Gasteiger partial charge in [0.15, 0.2) is 0 Å². The van der Waals surface area contributed by atoms with E-state index in [1.807, 2.05) is 0 Å². The lowest BCUT2D eigenvalue weighted by molar-refractivity contribution is 0.0523. The van der Waals surface area contributed by atoms with E-state index in [0.717, 1.165) is 0 Å². The van der Waals surface area contributed by atoms with Gasteiger partial charge >= 0.3 is 12.2 Å². The molecule has 1 fully saturated rings. The third-order valence-corrected chi connectivity index (χ3v) is 1.63. The van der Waals surface area contributed by atoms with Crippen LogP contribution in [0.5, 0.6) is 0 Å². The number of carbonyl (C=O) groups is 2. The van der Waals surface area contributed by atoms with E-state index >= 15 is 0 Å². The molecule has 1 rings (SSSR count). The molecule has 0 radical (unpaired) electrons. The zero-order valence-electron chi connectivity index (χ0n) is 9.12. The average Bonchev–Trinajstić information content (AvgIpc) is 2.45. The normalized spacial score (nSPS) is 20.5. The first-order valence-corrected chi connectivity index (χ1v) is 4.77. The van der Waals surface area contributed by atoms with Gasteiger partial charge in [-0.25, -0.2) is 9.59 Å².